The molecule has 1 rings (SSSR count). The van der Waals surface area contributed by atoms with Gasteiger partial charge >= 0.3 is 0 Å². The summed E-state index contributed by atoms with van der Waals surface area (Å²) in [4.78, 5) is 0. The summed E-state index contributed by atoms with van der Waals surface area (Å²) in [5.74, 6) is 7.06. The number of hydrogen-bond acceptors (Lipinski definition) is 3. The number of nitrogens with two attached hydrogens (primary N) is 1. The highest BCUT2D eigenvalue weighted by Crippen LogP contribution is 2.25. The molecule has 0 aromatic heterocycles. The molecule has 0 amide bonds. The van der Waals surface area contributed by atoms with Crippen molar-refractivity contribution in [3.05, 3.63) is 29.8 Å². The number of nitrogens with one attached hydrogen (secondary N) is 1. The topological polar surface area (TPSA) is 47.3 Å². The van der Waals surface area contributed by atoms with Gasteiger partial charge in [-0.15, -0.1) is 0 Å². The van der Waals surface area contributed by atoms with E-state index in [0.717, 1.165) is 25.2 Å². The van der Waals surface area contributed by atoms with Crippen LogP contribution in [0.2, 0.25) is 0 Å². The van der Waals surface area contributed by atoms with E-state index in [4.69, 9.17) is 10.6 Å². The lowest BCUT2D eigenvalue weighted by atomic mass is 9.93. The first-order valence-electron chi connectivity index (χ1n) is 6.41. The lowest BCUT2D eigenvalue weighted by molar-refractivity contribution is 0.317. The molecule has 0 saturated heterocycles. The monoisotopic (exact) mass is 236 g/mol. The molecule has 0 radical (unpaired) electrons. The first-order valence-corrected chi connectivity index (χ1v) is 6.41. The first-order chi connectivity index (χ1) is 8.22. The van der Waals surface area contributed by atoms with Gasteiger partial charge in [0.05, 0.1) is 6.61 Å². The molecule has 0 spiro atoms. The molecule has 3 nitrogen and oxygen atoms in total. The molecule has 0 bridgehead atoms. The quantitative estimate of drug-likeness (QED) is 0.565. The summed E-state index contributed by atoms with van der Waals surface area (Å²) in [6, 6.07) is 8.40. The van der Waals surface area contributed by atoms with Crippen LogP contribution in [0.1, 0.15) is 45.2 Å². The molecular weight excluding hydrogens is 212 g/mol. The van der Waals surface area contributed by atoms with Crippen molar-refractivity contribution in [1.82, 2.24) is 5.43 Å². The summed E-state index contributed by atoms with van der Waals surface area (Å²) in [7, 11) is 0. The van der Waals surface area contributed by atoms with E-state index in [9.17, 15) is 0 Å². The van der Waals surface area contributed by atoms with E-state index < -0.39 is 0 Å². The molecule has 0 aliphatic carbocycles. The van der Waals surface area contributed by atoms with E-state index in [1.165, 1.54) is 5.56 Å². The molecule has 96 valence electrons. The minimum absolute atomic E-state index is 0.209. The van der Waals surface area contributed by atoms with Crippen LogP contribution in [-0.4, -0.2) is 6.61 Å². The first kappa shape index (κ1) is 14.0. The largest absolute Gasteiger partial charge is 0.494 e. The van der Waals surface area contributed by atoms with Crippen LogP contribution in [0.15, 0.2) is 24.3 Å². The van der Waals surface area contributed by atoms with Gasteiger partial charge in [-0.1, -0.05) is 39.3 Å². The second-order valence-electron chi connectivity index (χ2n) is 4.45. The third kappa shape index (κ3) is 4.02. The van der Waals surface area contributed by atoms with Crippen molar-refractivity contribution in [1.29, 1.82) is 0 Å². The number of ether oxygens (including phenoxy) is 1. The van der Waals surface area contributed by atoms with Crippen molar-refractivity contribution in [2.24, 2.45) is 11.8 Å². The fourth-order valence-corrected chi connectivity index (χ4v) is 1.82. The van der Waals surface area contributed by atoms with Gasteiger partial charge in [-0.2, -0.15) is 0 Å². The fraction of sp³-hybridized carbons (Fsp3) is 0.571. The molecule has 0 heterocycles. The van der Waals surface area contributed by atoms with Crippen molar-refractivity contribution in [2.75, 3.05) is 6.61 Å². The Bertz CT molecular complexity index is 311. The van der Waals surface area contributed by atoms with E-state index in [-0.39, 0.29) is 6.04 Å². The maximum atomic E-state index is 5.62. The van der Waals surface area contributed by atoms with Crippen LogP contribution in [0.5, 0.6) is 5.75 Å². The lowest BCUT2D eigenvalue weighted by Crippen LogP contribution is -2.32. The van der Waals surface area contributed by atoms with Gasteiger partial charge in [-0.25, -0.2) is 0 Å². The summed E-state index contributed by atoms with van der Waals surface area (Å²) < 4.78 is 5.56. The van der Waals surface area contributed by atoms with Crippen LogP contribution in [0, 0.1) is 5.92 Å². The number of benzene rings is 1. The molecule has 2 atom stereocenters. The highest BCUT2D eigenvalue weighted by molar-refractivity contribution is 5.29. The van der Waals surface area contributed by atoms with Crippen molar-refractivity contribution in [3.63, 3.8) is 0 Å². The average molecular weight is 236 g/mol. The van der Waals surface area contributed by atoms with E-state index in [1.54, 1.807) is 0 Å². The predicted octanol–water partition coefficient (Wildman–Crippen LogP) is 3.03. The SMILES string of the molecule is CCCOc1ccc(C(NN)C(C)CC)cc1. The lowest BCUT2D eigenvalue weighted by Gasteiger charge is -2.22. The zero-order valence-electron chi connectivity index (χ0n) is 11.1. The number of rotatable bonds is 7. The second kappa shape index (κ2) is 7.30. The minimum atomic E-state index is 0.209. The Balaban J connectivity index is 2.71. The molecule has 0 aliphatic heterocycles. The third-order valence-electron chi connectivity index (χ3n) is 3.10. The normalized spacial score (nSPS) is 14.4. The molecule has 3 N–H and O–H groups in total. The highest BCUT2D eigenvalue weighted by Gasteiger charge is 2.15. The molecule has 0 saturated carbocycles. The molecule has 1 aromatic carbocycles. The smallest absolute Gasteiger partial charge is 0.119 e. The van der Waals surface area contributed by atoms with Gasteiger partial charge < -0.3 is 4.74 Å². The maximum Gasteiger partial charge on any atom is 0.119 e. The van der Waals surface area contributed by atoms with Crippen LogP contribution in [0.25, 0.3) is 0 Å². The maximum absolute atomic E-state index is 5.62. The van der Waals surface area contributed by atoms with E-state index in [1.807, 2.05) is 12.1 Å². The van der Waals surface area contributed by atoms with E-state index in [0.29, 0.717) is 5.92 Å². The van der Waals surface area contributed by atoms with Crippen molar-refractivity contribution in [3.8, 4) is 5.75 Å². The number of hydrogen-bond donors (Lipinski definition) is 2. The van der Waals surface area contributed by atoms with Crippen LogP contribution in [0.3, 0.4) is 0 Å². The highest BCUT2D eigenvalue weighted by atomic mass is 16.5. The van der Waals surface area contributed by atoms with E-state index >= 15 is 0 Å². The Kier molecular flexibility index (Phi) is 6.01. The van der Waals surface area contributed by atoms with Gasteiger partial charge in [0, 0.05) is 6.04 Å². The second-order valence-corrected chi connectivity index (χ2v) is 4.45. The molecule has 3 heteroatoms. The van der Waals surface area contributed by atoms with E-state index in [2.05, 4.69) is 38.3 Å². The van der Waals surface area contributed by atoms with Gasteiger partial charge in [0.1, 0.15) is 5.75 Å². The minimum Gasteiger partial charge on any atom is -0.494 e. The van der Waals surface area contributed by atoms with Gasteiger partial charge in [-0.05, 0) is 30.0 Å². The molecular formula is C14H24N2O. The zero-order chi connectivity index (χ0) is 12.7. The van der Waals surface area contributed by atoms with Crippen molar-refractivity contribution in [2.45, 2.75) is 39.7 Å². The van der Waals surface area contributed by atoms with Gasteiger partial charge in [0.25, 0.3) is 0 Å². The summed E-state index contributed by atoms with van der Waals surface area (Å²) in [6.45, 7) is 7.24. The third-order valence-corrected chi connectivity index (χ3v) is 3.10. The number of hydrazine groups is 1. The zero-order valence-corrected chi connectivity index (χ0v) is 11.1. The summed E-state index contributed by atoms with van der Waals surface area (Å²) >= 11 is 0. The fourth-order valence-electron chi connectivity index (χ4n) is 1.82. The Labute approximate surface area is 104 Å². The Hall–Kier alpha value is -1.06. The molecule has 17 heavy (non-hydrogen) atoms. The summed E-state index contributed by atoms with van der Waals surface area (Å²) in [5, 5.41) is 0. The van der Waals surface area contributed by atoms with Gasteiger partial charge in [-0.3, -0.25) is 11.3 Å². The van der Waals surface area contributed by atoms with Crippen LogP contribution >= 0.6 is 0 Å². The molecule has 1 aromatic rings. The van der Waals surface area contributed by atoms with Gasteiger partial charge in [0.2, 0.25) is 0 Å². The van der Waals surface area contributed by atoms with Crippen molar-refractivity contribution < 1.29 is 4.74 Å². The van der Waals surface area contributed by atoms with Crippen LogP contribution in [0.4, 0.5) is 0 Å². The Morgan fingerprint density at radius 3 is 2.35 bits per heavy atom. The van der Waals surface area contributed by atoms with Crippen molar-refractivity contribution >= 4 is 0 Å². The predicted molar refractivity (Wildman–Crippen MR) is 71.7 cm³/mol. The summed E-state index contributed by atoms with van der Waals surface area (Å²) in [5.41, 5.74) is 4.10. The Morgan fingerprint density at radius 2 is 1.88 bits per heavy atom. The van der Waals surface area contributed by atoms with Gasteiger partial charge in [0.15, 0.2) is 0 Å². The molecule has 0 aliphatic rings. The van der Waals surface area contributed by atoms with Crippen LogP contribution < -0.4 is 16.0 Å². The molecule has 0 fully saturated rings. The average Bonchev–Trinajstić information content (AvgIpc) is 2.38. The standard InChI is InChI=1S/C14H24N2O/c1-4-10-17-13-8-6-12(7-9-13)14(16-15)11(3)5-2/h6-9,11,14,16H,4-5,10,15H2,1-3H3. The Morgan fingerprint density at radius 1 is 1.24 bits per heavy atom. The van der Waals surface area contributed by atoms with Crippen LogP contribution in [-0.2, 0) is 0 Å². The molecule has 2 unspecified atom stereocenters. The summed E-state index contributed by atoms with van der Waals surface area (Å²) in [6.07, 6.45) is 2.13.